The van der Waals surface area contributed by atoms with E-state index in [0.717, 1.165) is 21.1 Å². The van der Waals surface area contributed by atoms with Crippen LogP contribution >= 0.6 is 22.7 Å². The van der Waals surface area contributed by atoms with Crippen LogP contribution < -0.4 is 10.2 Å². The van der Waals surface area contributed by atoms with Gasteiger partial charge in [0.2, 0.25) is 0 Å². The molecule has 29 heavy (non-hydrogen) atoms. The Labute approximate surface area is 175 Å². The third kappa shape index (κ3) is 4.30. The fourth-order valence-electron chi connectivity index (χ4n) is 3.14. The number of aryl methyl sites for hydroxylation is 1. The Morgan fingerprint density at radius 2 is 2.07 bits per heavy atom. The van der Waals surface area contributed by atoms with Gasteiger partial charge in [0.15, 0.2) is 0 Å². The molecule has 9 heteroatoms. The second-order valence-corrected chi connectivity index (χ2v) is 8.70. The number of halogens is 1. The number of nitrogens with one attached hydrogen (secondary N) is 1. The van der Waals surface area contributed by atoms with E-state index >= 15 is 0 Å². The molecule has 6 nitrogen and oxygen atoms in total. The molecule has 4 rings (SSSR count). The number of nitrogens with zero attached hydrogens (tertiary/aromatic N) is 3. The number of thiophene rings is 1. The highest BCUT2D eigenvalue weighted by atomic mass is 32.1. The van der Waals surface area contributed by atoms with Crippen LogP contribution in [0.3, 0.4) is 0 Å². The van der Waals surface area contributed by atoms with Crippen molar-refractivity contribution >= 4 is 39.6 Å². The summed E-state index contributed by atoms with van der Waals surface area (Å²) in [6, 6.07) is 7.93. The molecule has 2 aromatic heterocycles. The highest BCUT2D eigenvalue weighted by molar-refractivity contribution is 7.18. The molecule has 1 aliphatic heterocycles. The van der Waals surface area contributed by atoms with Gasteiger partial charge in [-0.25, -0.2) is 14.2 Å². The van der Waals surface area contributed by atoms with E-state index in [1.54, 1.807) is 28.1 Å². The van der Waals surface area contributed by atoms with E-state index in [1.165, 1.54) is 34.8 Å². The van der Waals surface area contributed by atoms with Gasteiger partial charge in [0.05, 0.1) is 11.4 Å². The maximum Gasteiger partial charge on any atom is 0.325 e. The standard InChI is InChI=1S/C20H19FN4O2S2/c1-13-10-17(29-18(13)19(26)23-11-16-22-6-9-28-16)25-8-7-24(20(25)27)12-14-2-4-15(21)5-3-14/h2-6,9-10H,7-8,11-12H2,1H3,(H,23,26). The summed E-state index contributed by atoms with van der Waals surface area (Å²) >= 11 is 2.81. The number of rotatable bonds is 6. The number of anilines is 1. The third-order valence-electron chi connectivity index (χ3n) is 4.64. The Kier molecular flexibility index (Phi) is 5.59. The van der Waals surface area contributed by atoms with Crippen LogP contribution in [0.15, 0.2) is 41.9 Å². The van der Waals surface area contributed by atoms with Crippen LogP contribution in [0.5, 0.6) is 0 Å². The average molecular weight is 431 g/mol. The van der Waals surface area contributed by atoms with Crippen LogP contribution in [0.1, 0.15) is 25.8 Å². The summed E-state index contributed by atoms with van der Waals surface area (Å²) in [6.45, 7) is 3.83. The topological polar surface area (TPSA) is 65.5 Å². The molecule has 1 saturated heterocycles. The Hall–Kier alpha value is -2.78. The number of carbonyl (C=O) groups excluding carboxylic acids is 2. The van der Waals surface area contributed by atoms with Gasteiger partial charge in [0.25, 0.3) is 5.91 Å². The number of amides is 3. The molecule has 3 heterocycles. The van der Waals surface area contributed by atoms with Crippen LogP contribution in [0, 0.1) is 12.7 Å². The van der Waals surface area contributed by atoms with Crippen molar-refractivity contribution in [3.8, 4) is 0 Å². The monoisotopic (exact) mass is 430 g/mol. The summed E-state index contributed by atoms with van der Waals surface area (Å²) in [5.41, 5.74) is 1.72. The van der Waals surface area contributed by atoms with Crippen molar-refractivity contribution in [2.45, 2.75) is 20.0 Å². The molecule has 0 bridgehead atoms. The maximum atomic E-state index is 13.1. The molecule has 1 N–H and O–H groups in total. The number of urea groups is 1. The summed E-state index contributed by atoms with van der Waals surface area (Å²) < 4.78 is 13.1. The fourth-order valence-corrected chi connectivity index (χ4v) is 4.81. The summed E-state index contributed by atoms with van der Waals surface area (Å²) in [6.07, 6.45) is 1.71. The lowest BCUT2D eigenvalue weighted by molar-refractivity contribution is 0.0954. The fraction of sp³-hybridized carbons (Fsp3) is 0.250. The molecule has 150 valence electrons. The normalized spacial score (nSPS) is 13.9. The summed E-state index contributed by atoms with van der Waals surface area (Å²) in [7, 11) is 0. The summed E-state index contributed by atoms with van der Waals surface area (Å²) in [5.74, 6) is -0.457. The zero-order valence-corrected chi connectivity index (χ0v) is 17.4. The van der Waals surface area contributed by atoms with Crippen molar-refractivity contribution in [1.29, 1.82) is 0 Å². The lowest BCUT2D eigenvalue weighted by Crippen LogP contribution is -2.31. The van der Waals surface area contributed by atoms with Crippen molar-refractivity contribution in [2.75, 3.05) is 18.0 Å². The summed E-state index contributed by atoms with van der Waals surface area (Å²) in [4.78, 5) is 33.5. The van der Waals surface area contributed by atoms with Crippen LogP contribution in [0.4, 0.5) is 14.2 Å². The van der Waals surface area contributed by atoms with Gasteiger partial charge < -0.3 is 10.2 Å². The zero-order valence-electron chi connectivity index (χ0n) is 15.7. The van der Waals surface area contributed by atoms with Gasteiger partial charge in [-0.1, -0.05) is 12.1 Å². The van der Waals surface area contributed by atoms with Gasteiger partial charge in [0, 0.05) is 31.2 Å². The maximum absolute atomic E-state index is 13.1. The largest absolute Gasteiger partial charge is 0.345 e. The molecule has 0 radical (unpaired) electrons. The second-order valence-electron chi connectivity index (χ2n) is 6.69. The smallest absolute Gasteiger partial charge is 0.325 e. The van der Waals surface area contributed by atoms with Crippen LogP contribution in [0.25, 0.3) is 0 Å². The van der Waals surface area contributed by atoms with Crippen molar-refractivity contribution in [1.82, 2.24) is 15.2 Å². The Morgan fingerprint density at radius 3 is 2.79 bits per heavy atom. The van der Waals surface area contributed by atoms with Crippen LogP contribution in [-0.2, 0) is 13.1 Å². The van der Waals surface area contributed by atoms with Gasteiger partial charge >= 0.3 is 6.03 Å². The molecule has 3 amide bonds. The van der Waals surface area contributed by atoms with Crippen molar-refractivity contribution in [2.24, 2.45) is 0 Å². The number of carbonyl (C=O) groups is 2. The van der Waals surface area contributed by atoms with E-state index in [2.05, 4.69) is 10.3 Å². The molecule has 0 aliphatic carbocycles. The zero-order chi connectivity index (χ0) is 20.4. The number of thiazole rings is 1. The van der Waals surface area contributed by atoms with Crippen LogP contribution in [-0.4, -0.2) is 34.9 Å². The minimum atomic E-state index is -0.294. The van der Waals surface area contributed by atoms with Crippen LogP contribution in [0.2, 0.25) is 0 Å². The Bertz CT molecular complexity index is 1020. The Morgan fingerprint density at radius 1 is 1.28 bits per heavy atom. The lowest BCUT2D eigenvalue weighted by atomic mass is 10.2. The second kappa shape index (κ2) is 8.30. The summed E-state index contributed by atoms with van der Waals surface area (Å²) in [5, 5.41) is 6.35. The molecular weight excluding hydrogens is 411 g/mol. The predicted octanol–water partition coefficient (Wildman–Crippen LogP) is 4.02. The van der Waals surface area contributed by atoms with E-state index < -0.39 is 0 Å². The minimum Gasteiger partial charge on any atom is -0.345 e. The number of aromatic nitrogens is 1. The van der Waals surface area contributed by atoms with Gasteiger partial charge in [-0.05, 0) is 36.2 Å². The molecule has 0 spiro atoms. The molecule has 0 saturated carbocycles. The lowest BCUT2D eigenvalue weighted by Gasteiger charge is -2.17. The molecule has 1 fully saturated rings. The van der Waals surface area contributed by atoms with Gasteiger partial charge in [0.1, 0.15) is 15.8 Å². The van der Waals surface area contributed by atoms with Gasteiger partial charge in [-0.15, -0.1) is 22.7 Å². The van der Waals surface area contributed by atoms with Gasteiger partial charge in [-0.3, -0.25) is 9.69 Å². The highest BCUT2D eigenvalue weighted by Gasteiger charge is 2.31. The van der Waals surface area contributed by atoms with E-state index in [0.29, 0.717) is 31.1 Å². The van der Waals surface area contributed by atoms with Crippen molar-refractivity contribution in [3.63, 3.8) is 0 Å². The quantitative estimate of drug-likeness (QED) is 0.642. The number of hydrogen-bond acceptors (Lipinski definition) is 5. The molecule has 1 aromatic carbocycles. The third-order valence-corrected chi connectivity index (χ3v) is 6.68. The van der Waals surface area contributed by atoms with E-state index in [9.17, 15) is 14.0 Å². The van der Waals surface area contributed by atoms with E-state index in [1.807, 2.05) is 18.4 Å². The average Bonchev–Trinajstić information content (AvgIpc) is 3.43. The minimum absolute atomic E-state index is 0.106. The first-order valence-corrected chi connectivity index (χ1v) is 10.8. The molecule has 0 unspecified atom stereocenters. The van der Waals surface area contributed by atoms with Crippen molar-refractivity contribution in [3.05, 3.63) is 68.7 Å². The highest BCUT2D eigenvalue weighted by Crippen LogP contribution is 2.32. The van der Waals surface area contributed by atoms with E-state index in [4.69, 9.17) is 0 Å². The Balaban J connectivity index is 1.42. The predicted molar refractivity (Wildman–Crippen MR) is 112 cm³/mol. The van der Waals surface area contributed by atoms with Crippen molar-refractivity contribution < 1.29 is 14.0 Å². The van der Waals surface area contributed by atoms with Gasteiger partial charge in [-0.2, -0.15) is 0 Å². The molecule has 3 aromatic rings. The SMILES string of the molecule is Cc1cc(N2CCN(Cc3ccc(F)cc3)C2=O)sc1C(=O)NCc1nccs1. The number of hydrogen-bond donors (Lipinski definition) is 1. The first kappa shape index (κ1) is 19.5. The first-order valence-electron chi connectivity index (χ1n) is 9.09. The van der Waals surface area contributed by atoms with E-state index in [-0.39, 0.29) is 17.8 Å². The molecular formula is C20H19FN4O2S2. The number of benzene rings is 1. The first-order chi connectivity index (χ1) is 14.0. The molecule has 1 aliphatic rings. The molecule has 0 atom stereocenters.